The third kappa shape index (κ3) is 5.68. The van der Waals surface area contributed by atoms with Crippen LogP contribution < -0.4 is 0 Å². The zero-order valence-corrected chi connectivity index (χ0v) is 12.0. The van der Waals surface area contributed by atoms with Crippen molar-refractivity contribution < 1.29 is 19.0 Å². The van der Waals surface area contributed by atoms with E-state index in [0.717, 1.165) is 24.8 Å². The number of benzene rings is 1. The van der Waals surface area contributed by atoms with Gasteiger partial charge in [-0.3, -0.25) is 0 Å². The summed E-state index contributed by atoms with van der Waals surface area (Å²) in [6.45, 7) is 0. The van der Waals surface area contributed by atoms with Crippen molar-refractivity contribution in [2.75, 3.05) is 0 Å². The highest BCUT2D eigenvalue weighted by atomic mass is 19.1. The molecule has 0 unspecified atom stereocenters. The molecule has 0 radical (unpaired) electrons. The summed E-state index contributed by atoms with van der Waals surface area (Å²) in [6.07, 6.45) is 7.17. The molecule has 2 atom stereocenters. The van der Waals surface area contributed by atoms with E-state index >= 15 is 0 Å². The second kappa shape index (κ2) is 7.93. The molecule has 2 rings (SSSR count). The number of carbonyl (C=O) groups is 1. The average Bonchev–Trinajstić information content (AvgIpc) is 2.45. The van der Waals surface area contributed by atoms with Crippen molar-refractivity contribution in [3.8, 4) is 0 Å². The third-order valence-corrected chi connectivity index (χ3v) is 3.64. The van der Waals surface area contributed by atoms with Crippen molar-refractivity contribution >= 4 is 5.97 Å². The van der Waals surface area contributed by atoms with Crippen LogP contribution >= 0.6 is 0 Å². The smallest absolute Gasteiger partial charge is 0.330 e. The first-order valence-corrected chi connectivity index (χ1v) is 7.43. The number of hydrogen-bond acceptors (Lipinski definition) is 3. The number of aliphatic hydroxyl groups excluding tert-OH is 1. The Morgan fingerprint density at radius 2 is 2.05 bits per heavy atom. The lowest BCUT2D eigenvalue weighted by Gasteiger charge is -2.21. The van der Waals surface area contributed by atoms with Gasteiger partial charge in [-0.05, 0) is 37.0 Å². The van der Waals surface area contributed by atoms with Crippen LogP contribution in [0.5, 0.6) is 0 Å². The topological polar surface area (TPSA) is 46.5 Å². The van der Waals surface area contributed by atoms with Crippen LogP contribution in [0.4, 0.5) is 4.39 Å². The first-order chi connectivity index (χ1) is 10.1. The highest BCUT2D eigenvalue weighted by Crippen LogP contribution is 2.17. The van der Waals surface area contributed by atoms with E-state index in [9.17, 15) is 14.3 Å². The van der Waals surface area contributed by atoms with Gasteiger partial charge in [0.05, 0.1) is 6.10 Å². The van der Waals surface area contributed by atoms with Crippen molar-refractivity contribution in [3.63, 3.8) is 0 Å². The maximum Gasteiger partial charge on any atom is 0.330 e. The lowest BCUT2D eigenvalue weighted by atomic mass is 10.0. The zero-order valence-electron chi connectivity index (χ0n) is 12.0. The normalized spacial score (nSPS) is 19.3. The van der Waals surface area contributed by atoms with Gasteiger partial charge in [0.1, 0.15) is 11.9 Å². The molecule has 1 aromatic rings. The fraction of sp³-hybridized carbons (Fsp3) is 0.471. The number of carbonyl (C=O) groups excluding carboxylic acids is 1. The molecule has 21 heavy (non-hydrogen) atoms. The lowest BCUT2D eigenvalue weighted by Crippen LogP contribution is -2.25. The van der Waals surface area contributed by atoms with Crippen molar-refractivity contribution in [1.82, 2.24) is 0 Å². The molecular formula is C17H21FO3. The van der Waals surface area contributed by atoms with Crippen LogP contribution in [0.2, 0.25) is 0 Å². The standard InChI is InChI=1S/C17H21FO3/c18-14-10-8-13(9-11-14)4-1-2-5-15(19)12-16-6-3-7-17(20)21-16/h3,7-11,15-16,19H,1-2,4-6,12H2/t15-,16+/m1/s1. The van der Waals surface area contributed by atoms with Crippen LogP contribution in [0.15, 0.2) is 36.4 Å². The van der Waals surface area contributed by atoms with Crippen LogP contribution in [-0.4, -0.2) is 23.3 Å². The van der Waals surface area contributed by atoms with E-state index < -0.39 is 6.10 Å². The summed E-state index contributed by atoms with van der Waals surface area (Å²) in [5, 5.41) is 9.96. The molecule has 0 fully saturated rings. The molecule has 114 valence electrons. The van der Waals surface area contributed by atoms with Crippen LogP contribution in [0.1, 0.15) is 37.7 Å². The van der Waals surface area contributed by atoms with Gasteiger partial charge < -0.3 is 9.84 Å². The number of ether oxygens (including phenoxy) is 1. The molecule has 1 N–H and O–H groups in total. The minimum Gasteiger partial charge on any atom is -0.459 e. The Bertz CT molecular complexity index is 481. The van der Waals surface area contributed by atoms with Gasteiger partial charge in [-0.25, -0.2) is 9.18 Å². The monoisotopic (exact) mass is 292 g/mol. The highest BCUT2D eigenvalue weighted by molar-refractivity contribution is 5.82. The molecule has 0 spiro atoms. The first-order valence-electron chi connectivity index (χ1n) is 7.43. The quantitative estimate of drug-likeness (QED) is 0.620. The SMILES string of the molecule is O=C1C=CC[C@@H](C[C@H](O)CCCCc2ccc(F)cc2)O1. The largest absolute Gasteiger partial charge is 0.459 e. The van der Waals surface area contributed by atoms with E-state index in [0.29, 0.717) is 19.3 Å². The minimum absolute atomic E-state index is 0.199. The third-order valence-electron chi connectivity index (χ3n) is 3.64. The van der Waals surface area contributed by atoms with Gasteiger partial charge in [0, 0.05) is 18.9 Å². The molecule has 1 heterocycles. The van der Waals surface area contributed by atoms with Crippen molar-refractivity contribution in [2.45, 2.75) is 50.7 Å². The van der Waals surface area contributed by atoms with Gasteiger partial charge >= 0.3 is 5.97 Å². The molecular weight excluding hydrogens is 271 g/mol. The van der Waals surface area contributed by atoms with E-state index in [4.69, 9.17) is 4.74 Å². The van der Waals surface area contributed by atoms with E-state index in [1.807, 2.05) is 0 Å². The van der Waals surface area contributed by atoms with Crippen LogP contribution in [0.25, 0.3) is 0 Å². The predicted molar refractivity (Wildman–Crippen MR) is 78.2 cm³/mol. The predicted octanol–water partition coefficient (Wildman–Crippen LogP) is 3.16. The van der Waals surface area contributed by atoms with Crippen LogP contribution in [0.3, 0.4) is 0 Å². The maximum atomic E-state index is 12.8. The van der Waals surface area contributed by atoms with Gasteiger partial charge in [0.15, 0.2) is 0 Å². The number of hydrogen-bond donors (Lipinski definition) is 1. The second-order valence-electron chi connectivity index (χ2n) is 5.46. The van der Waals surface area contributed by atoms with E-state index in [2.05, 4.69) is 0 Å². The molecule has 0 aliphatic carbocycles. The van der Waals surface area contributed by atoms with Gasteiger partial charge in [-0.1, -0.05) is 24.6 Å². The number of halogens is 1. The summed E-state index contributed by atoms with van der Waals surface area (Å²) in [6, 6.07) is 6.52. The Hall–Kier alpha value is -1.68. The molecule has 3 nitrogen and oxygen atoms in total. The number of esters is 1. The number of aliphatic hydroxyl groups is 1. The summed E-state index contributed by atoms with van der Waals surface area (Å²) in [7, 11) is 0. The molecule has 0 saturated carbocycles. The Kier molecular flexibility index (Phi) is 5.93. The number of unbranched alkanes of at least 4 members (excludes halogenated alkanes) is 1. The van der Waals surface area contributed by atoms with Crippen LogP contribution in [-0.2, 0) is 16.0 Å². The minimum atomic E-state index is -0.442. The summed E-state index contributed by atoms with van der Waals surface area (Å²) in [5.74, 6) is -0.542. The molecule has 1 aliphatic heterocycles. The summed E-state index contributed by atoms with van der Waals surface area (Å²) < 4.78 is 17.9. The average molecular weight is 292 g/mol. The van der Waals surface area contributed by atoms with Crippen molar-refractivity contribution in [2.24, 2.45) is 0 Å². The molecule has 1 aliphatic rings. The number of cyclic esters (lactones) is 1. The Morgan fingerprint density at radius 3 is 2.76 bits per heavy atom. The van der Waals surface area contributed by atoms with Crippen molar-refractivity contribution in [3.05, 3.63) is 47.8 Å². The fourth-order valence-corrected chi connectivity index (χ4v) is 2.49. The molecule has 4 heteroatoms. The molecule has 0 aromatic heterocycles. The number of aryl methyl sites for hydroxylation is 1. The molecule has 0 bridgehead atoms. The number of rotatable bonds is 7. The van der Waals surface area contributed by atoms with E-state index in [1.165, 1.54) is 18.2 Å². The fourth-order valence-electron chi connectivity index (χ4n) is 2.49. The van der Waals surface area contributed by atoms with Gasteiger partial charge in [0.25, 0.3) is 0 Å². The highest BCUT2D eigenvalue weighted by Gasteiger charge is 2.19. The first kappa shape index (κ1) is 15.7. The Morgan fingerprint density at radius 1 is 1.29 bits per heavy atom. The summed E-state index contributed by atoms with van der Waals surface area (Å²) >= 11 is 0. The van der Waals surface area contributed by atoms with Crippen molar-refractivity contribution in [1.29, 1.82) is 0 Å². The summed E-state index contributed by atoms with van der Waals surface area (Å²) in [5.41, 5.74) is 1.11. The summed E-state index contributed by atoms with van der Waals surface area (Å²) in [4.78, 5) is 11.1. The van der Waals surface area contributed by atoms with Crippen LogP contribution in [0, 0.1) is 5.82 Å². The van der Waals surface area contributed by atoms with E-state index in [1.54, 1.807) is 18.2 Å². The lowest BCUT2D eigenvalue weighted by molar-refractivity contribution is -0.145. The Balaban J connectivity index is 1.61. The van der Waals surface area contributed by atoms with Gasteiger partial charge in [-0.15, -0.1) is 0 Å². The Labute approximate surface area is 124 Å². The second-order valence-corrected chi connectivity index (χ2v) is 5.46. The van der Waals surface area contributed by atoms with Gasteiger partial charge in [0.2, 0.25) is 0 Å². The maximum absolute atomic E-state index is 12.8. The molecule has 0 saturated heterocycles. The molecule has 1 aromatic carbocycles. The zero-order chi connectivity index (χ0) is 15.1. The van der Waals surface area contributed by atoms with E-state index in [-0.39, 0.29) is 17.9 Å². The van der Waals surface area contributed by atoms with Gasteiger partial charge in [-0.2, -0.15) is 0 Å². The molecule has 0 amide bonds.